The molecular weight excluding hydrogens is 184 g/mol. The van der Waals surface area contributed by atoms with Crippen molar-refractivity contribution >= 4 is 11.6 Å². The second-order valence-electron chi connectivity index (χ2n) is 3.10. The van der Waals surface area contributed by atoms with E-state index in [1.165, 1.54) is 0 Å². The Labute approximate surface area is 84.0 Å². The molecule has 0 fully saturated rings. The molecule has 0 aliphatic carbocycles. The van der Waals surface area contributed by atoms with Crippen molar-refractivity contribution in [3.63, 3.8) is 0 Å². The molecule has 1 aromatic rings. The predicted molar refractivity (Wildman–Crippen MR) is 55.7 cm³/mol. The van der Waals surface area contributed by atoms with Crippen LogP contribution in [-0.4, -0.2) is 0 Å². The molecular formula is C11H13ClO. The Balaban J connectivity index is 2.55. The number of hydrogen-bond donors (Lipinski definition) is 0. The standard InChI is InChI=1S/C11H13ClO/c1-9(2)7-13-8-10-5-3-4-6-11(10)12/h3-7H,8H2,1-2H3. The molecule has 0 atom stereocenters. The second kappa shape index (κ2) is 4.93. The van der Waals surface area contributed by atoms with Gasteiger partial charge in [-0.2, -0.15) is 0 Å². The van der Waals surface area contributed by atoms with Gasteiger partial charge in [0.15, 0.2) is 0 Å². The van der Waals surface area contributed by atoms with Crippen LogP contribution in [0.2, 0.25) is 5.02 Å². The lowest BCUT2D eigenvalue weighted by Crippen LogP contribution is -1.87. The first-order valence-electron chi connectivity index (χ1n) is 4.18. The molecule has 1 aromatic carbocycles. The molecule has 0 N–H and O–H groups in total. The third-order valence-corrected chi connectivity index (χ3v) is 1.88. The van der Waals surface area contributed by atoms with Crippen LogP contribution < -0.4 is 0 Å². The van der Waals surface area contributed by atoms with Crippen LogP contribution in [0, 0.1) is 0 Å². The molecule has 0 heterocycles. The van der Waals surface area contributed by atoms with E-state index in [9.17, 15) is 0 Å². The largest absolute Gasteiger partial charge is 0.497 e. The zero-order valence-corrected chi connectivity index (χ0v) is 8.64. The van der Waals surface area contributed by atoms with Gasteiger partial charge < -0.3 is 4.74 Å². The molecule has 0 saturated heterocycles. The lowest BCUT2D eigenvalue weighted by molar-refractivity contribution is 0.233. The molecule has 0 radical (unpaired) electrons. The first kappa shape index (κ1) is 10.1. The number of ether oxygens (including phenoxy) is 1. The molecule has 0 spiro atoms. The fraction of sp³-hybridized carbons (Fsp3) is 0.273. The maximum Gasteiger partial charge on any atom is 0.114 e. The summed E-state index contributed by atoms with van der Waals surface area (Å²) in [5.74, 6) is 0. The highest BCUT2D eigenvalue weighted by Gasteiger charge is 1.96. The molecule has 0 aliphatic heterocycles. The lowest BCUT2D eigenvalue weighted by atomic mass is 10.2. The summed E-state index contributed by atoms with van der Waals surface area (Å²) in [5.41, 5.74) is 2.16. The molecule has 0 saturated carbocycles. The van der Waals surface area contributed by atoms with E-state index in [2.05, 4.69) is 0 Å². The maximum atomic E-state index is 5.94. The van der Waals surface area contributed by atoms with E-state index in [1.54, 1.807) is 6.26 Å². The highest BCUT2D eigenvalue weighted by Crippen LogP contribution is 2.15. The topological polar surface area (TPSA) is 9.23 Å². The van der Waals surface area contributed by atoms with Gasteiger partial charge in [-0.1, -0.05) is 29.8 Å². The van der Waals surface area contributed by atoms with Crippen LogP contribution in [0.25, 0.3) is 0 Å². The Hall–Kier alpha value is -0.950. The SMILES string of the molecule is CC(C)=COCc1ccccc1Cl. The number of benzene rings is 1. The quantitative estimate of drug-likeness (QED) is 0.669. The molecule has 1 nitrogen and oxygen atoms in total. The maximum absolute atomic E-state index is 5.94. The monoisotopic (exact) mass is 196 g/mol. The van der Waals surface area contributed by atoms with Crippen molar-refractivity contribution in [3.05, 3.63) is 46.7 Å². The molecule has 0 aliphatic rings. The van der Waals surface area contributed by atoms with E-state index in [0.717, 1.165) is 16.2 Å². The van der Waals surface area contributed by atoms with Gasteiger partial charge in [-0.05, 0) is 25.5 Å². The summed E-state index contributed by atoms with van der Waals surface area (Å²) in [7, 11) is 0. The van der Waals surface area contributed by atoms with Gasteiger partial charge in [0, 0.05) is 10.6 Å². The van der Waals surface area contributed by atoms with Crippen LogP contribution in [0.3, 0.4) is 0 Å². The minimum atomic E-state index is 0.533. The molecule has 0 unspecified atom stereocenters. The predicted octanol–water partition coefficient (Wildman–Crippen LogP) is 3.78. The minimum absolute atomic E-state index is 0.533. The fourth-order valence-electron chi connectivity index (χ4n) is 0.914. The zero-order chi connectivity index (χ0) is 9.68. The summed E-state index contributed by atoms with van der Waals surface area (Å²) >= 11 is 5.94. The van der Waals surface area contributed by atoms with Gasteiger partial charge in [0.2, 0.25) is 0 Å². The molecule has 13 heavy (non-hydrogen) atoms. The average molecular weight is 197 g/mol. The van der Waals surface area contributed by atoms with Gasteiger partial charge in [0.1, 0.15) is 6.61 Å². The third-order valence-electron chi connectivity index (χ3n) is 1.52. The van der Waals surface area contributed by atoms with Gasteiger partial charge in [0.05, 0.1) is 6.26 Å². The van der Waals surface area contributed by atoms with Crippen molar-refractivity contribution in [2.75, 3.05) is 0 Å². The van der Waals surface area contributed by atoms with Crippen LogP contribution in [-0.2, 0) is 11.3 Å². The van der Waals surface area contributed by atoms with Crippen LogP contribution in [0.5, 0.6) is 0 Å². The van der Waals surface area contributed by atoms with E-state index in [-0.39, 0.29) is 0 Å². The number of allylic oxidation sites excluding steroid dienone is 1. The summed E-state index contributed by atoms with van der Waals surface area (Å²) in [6.45, 7) is 4.52. The van der Waals surface area contributed by atoms with Gasteiger partial charge in [0.25, 0.3) is 0 Å². The van der Waals surface area contributed by atoms with Gasteiger partial charge in [-0.3, -0.25) is 0 Å². The first-order valence-corrected chi connectivity index (χ1v) is 4.56. The van der Waals surface area contributed by atoms with E-state index >= 15 is 0 Å². The van der Waals surface area contributed by atoms with Crippen molar-refractivity contribution in [1.82, 2.24) is 0 Å². The Morgan fingerprint density at radius 1 is 1.38 bits per heavy atom. The van der Waals surface area contributed by atoms with Gasteiger partial charge >= 0.3 is 0 Å². The molecule has 1 rings (SSSR count). The molecule has 2 heteroatoms. The Morgan fingerprint density at radius 2 is 2.08 bits per heavy atom. The Kier molecular flexibility index (Phi) is 3.84. The normalized spacial score (nSPS) is 9.46. The molecule has 0 amide bonds. The molecule has 70 valence electrons. The van der Waals surface area contributed by atoms with E-state index in [1.807, 2.05) is 38.1 Å². The number of rotatable bonds is 3. The molecule has 0 bridgehead atoms. The Bertz CT molecular complexity index is 301. The lowest BCUT2D eigenvalue weighted by Gasteiger charge is -2.03. The van der Waals surface area contributed by atoms with Gasteiger partial charge in [-0.15, -0.1) is 0 Å². The van der Waals surface area contributed by atoms with Crippen LogP contribution in [0.4, 0.5) is 0 Å². The summed E-state index contributed by atoms with van der Waals surface area (Å²) in [6, 6.07) is 7.68. The van der Waals surface area contributed by atoms with Crippen LogP contribution >= 0.6 is 11.6 Å². The van der Waals surface area contributed by atoms with E-state index in [0.29, 0.717) is 6.61 Å². The van der Waals surface area contributed by atoms with Gasteiger partial charge in [-0.25, -0.2) is 0 Å². The first-order chi connectivity index (χ1) is 6.20. The summed E-state index contributed by atoms with van der Waals surface area (Å²) < 4.78 is 5.32. The van der Waals surface area contributed by atoms with Crippen LogP contribution in [0.1, 0.15) is 19.4 Å². The highest BCUT2D eigenvalue weighted by atomic mass is 35.5. The summed E-state index contributed by atoms with van der Waals surface area (Å²) in [4.78, 5) is 0. The van der Waals surface area contributed by atoms with Crippen molar-refractivity contribution in [2.45, 2.75) is 20.5 Å². The summed E-state index contributed by atoms with van der Waals surface area (Å²) in [6.07, 6.45) is 1.74. The van der Waals surface area contributed by atoms with Crippen molar-refractivity contribution in [3.8, 4) is 0 Å². The van der Waals surface area contributed by atoms with Crippen molar-refractivity contribution in [1.29, 1.82) is 0 Å². The smallest absolute Gasteiger partial charge is 0.114 e. The Morgan fingerprint density at radius 3 is 2.69 bits per heavy atom. The fourth-order valence-corrected chi connectivity index (χ4v) is 1.10. The average Bonchev–Trinajstić information content (AvgIpc) is 2.08. The highest BCUT2D eigenvalue weighted by molar-refractivity contribution is 6.31. The summed E-state index contributed by atoms with van der Waals surface area (Å²) in [5, 5.41) is 0.754. The third kappa shape index (κ3) is 3.51. The van der Waals surface area contributed by atoms with Crippen LogP contribution in [0.15, 0.2) is 36.1 Å². The van der Waals surface area contributed by atoms with E-state index < -0.39 is 0 Å². The number of halogens is 1. The zero-order valence-electron chi connectivity index (χ0n) is 7.88. The second-order valence-corrected chi connectivity index (χ2v) is 3.50. The number of hydrogen-bond acceptors (Lipinski definition) is 1. The molecule has 0 aromatic heterocycles. The van der Waals surface area contributed by atoms with E-state index in [4.69, 9.17) is 16.3 Å². The van der Waals surface area contributed by atoms with Crippen molar-refractivity contribution in [2.24, 2.45) is 0 Å². The van der Waals surface area contributed by atoms with Crippen molar-refractivity contribution < 1.29 is 4.74 Å². The minimum Gasteiger partial charge on any atom is -0.497 e.